The van der Waals surface area contributed by atoms with Gasteiger partial charge >= 0.3 is 11.8 Å². The van der Waals surface area contributed by atoms with Crippen LogP contribution in [0, 0.1) is 0 Å². The van der Waals surface area contributed by atoms with Crippen LogP contribution in [0.5, 0.6) is 0 Å². The Balaban J connectivity index is 1.88. The molecule has 8 heteroatoms. The molecule has 0 bridgehead atoms. The highest BCUT2D eigenvalue weighted by molar-refractivity contribution is 8.14. The molecule has 0 saturated carbocycles. The summed E-state index contributed by atoms with van der Waals surface area (Å²) in [6.45, 7) is 2.25. The van der Waals surface area contributed by atoms with E-state index in [2.05, 4.69) is 5.32 Å². The van der Waals surface area contributed by atoms with Crippen molar-refractivity contribution in [2.75, 3.05) is 30.3 Å². The molecule has 1 aliphatic rings. The molecular weight excluding hydrogens is 318 g/mol. The predicted octanol–water partition coefficient (Wildman–Crippen LogP) is 0.851. The first-order valence-electron chi connectivity index (χ1n) is 7.16. The SMILES string of the molecule is CCN(C(=O)C(=O)NCCN1C(=O)CSC1=O)c1ccccc1. The second-order valence-corrected chi connectivity index (χ2v) is 5.67. The molecule has 1 fully saturated rings. The van der Waals surface area contributed by atoms with Crippen LogP contribution in [0.3, 0.4) is 0 Å². The van der Waals surface area contributed by atoms with Crippen molar-refractivity contribution in [3.8, 4) is 0 Å². The molecule has 1 aromatic rings. The van der Waals surface area contributed by atoms with Crippen LogP contribution in [0.4, 0.5) is 10.5 Å². The molecule has 122 valence electrons. The number of nitrogens with zero attached hydrogens (tertiary/aromatic N) is 2. The van der Waals surface area contributed by atoms with Crippen molar-refractivity contribution < 1.29 is 19.2 Å². The first-order valence-corrected chi connectivity index (χ1v) is 8.15. The first kappa shape index (κ1) is 17.0. The van der Waals surface area contributed by atoms with Gasteiger partial charge in [0, 0.05) is 25.3 Å². The summed E-state index contributed by atoms with van der Waals surface area (Å²) in [4.78, 5) is 49.4. The summed E-state index contributed by atoms with van der Waals surface area (Å²) in [5.41, 5.74) is 0.636. The Hall–Kier alpha value is -2.35. The average molecular weight is 335 g/mol. The van der Waals surface area contributed by atoms with Gasteiger partial charge in [-0.15, -0.1) is 0 Å². The topological polar surface area (TPSA) is 86.8 Å². The number of likely N-dealkylation sites (N-methyl/N-ethyl adjacent to an activating group) is 1. The lowest BCUT2D eigenvalue weighted by Gasteiger charge is -2.20. The van der Waals surface area contributed by atoms with Crippen LogP contribution >= 0.6 is 11.8 Å². The molecule has 1 heterocycles. The highest BCUT2D eigenvalue weighted by atomic mass is 32.2. The van der Waals surface area contributed by atoms with Crippen LogP contribution in [-0.4, -0.2) is 53.2 Å². The standard InChI is InChI=1S/C15H17N3O4S/c1-2-17(11-6-4-3-5-7-11)14(21)13(20)16-8-9-18-12(19)10-23-15(18)22/h3-7H,2,8-10H2,1H3,(H,16,20). The minimum Gasteiger partial charge on any atom is -0.346 e. The van der Waals surface area contributed by atoms with E-state index in [1.165, 1.54) is 4.90 Å². The van der Waals surface area contributed by atoms with Gasteiger partial charge in [0.15, 0.2) is 0 Å². The number of anilines is 1. The molecule has 0 atom stereocenters. The van der Waals surface area contributed by atoms with Crippen molar-refractivity contribution in [1.29, 1.82) is 0 Å². The minimum absolute atomic E-state index is 0.0506. The Kier molecular flexibility index (Phi) is 5.75. The molecule has 0 aliphatic carbocycles. The Morgan fingerprint density at radius 2 is 1.96 bits per heavy atom. The van der Waals surface area contributed by atoms with Crippen molar-refractivity contribution in [3.05, 3.63) is 30.3 Å². The van der Waals surface area contributed by atoms with E-state index in [4.69, 9.17) is 0 Å². The van der Waals surface area contributed by atoms with Crippen molar-refractivity contribution in [3.63, 3.8) is 0 Å². The first-order chi connectivity index (χ1) is 11.0. The number of benzene rings is 1. The number of imide groups is 1. The summed E-state index contributed by atoms with van der Waals surface area (Å²) in [7, 11) is 0. The lowest BCUT2D eigenvalue weighted by Crippen LogP contribution is -2.45. The van der Waals surface area contributed by atoms with Crippen LogP contribution in [0.1, 0.15) is 6.92 Å². The molecular formula is C15H17N3O4S. The lowest BCUT2D eigenvalue weighted by atomic mass is 10.3. The zero-order chi connectivity index (χ0) is 16.8. The molecule has 0 unspecified atom stereocenters. The third-order valence-corrected chi connectivity index (χ3v) is 4.14. The third-order valence-electron chi connectivity index (χ3n) is 3.29. The van der Waals surface area contributed by atoms with Crippen molar-refractivity contribution >= 4 is 40.4 Å². The Bertz CT molecular complexity index is 604. The van der Waals surface area contributed by atoms with Gasteiger partial charge in [0.1, 0.15) is 0 Å². The molecule has 2 rings (SSSR count). The maximum Gasteiger partial charge on any atom is 0.316 e. The fourth-order valence-electron chi connectivity index (χ4n) is 2.13. The van der Waals surface area contributed by atoms with Gasteiger partial charge in [-0.1, -0.05) is 30.0 Å². The minimum atomic E-state index is -0.762. The number of hydrogen-bond donors (Lipinski definition) is 1. The van der Waals surface area contributed by atoms with E-state index in [1.54, 1.807) is 31.2 Å². The monoisotopic (exact) mass is 335 g/mol. The highest BCUT2D eigenvalue weighted by Gasteiger charge is 2.29. The van der Waals surface area contributed by atoms with Crippen molar-refractivity contribution in [2.24, 2.45) is 0 Å². The van der Waals surface area contributed by atoms with Gasteiger partial charge in [0.05, 0.1) is 5.75 Å². The van der Waals surface area contributed by atoms with E-state index < -0.39 is 11.8 Å². The van der Waals surface area contributed by atoms with Gasteiger partial charge in [-0.05, 0) is 19.1 Å². The van der Waals surface area contributed by atoms with Gasteiger partial charge in [0.25, 0.3) is 5.24 Å². The van der Waals surface area contributed by atoms with Gasteiger partial charge in [-0.25, -0.2) is 0 Å². The number of rotatable bonds is 5. The summed E-state index contributed by atoms with van der Waals surface area (Å²) in [6, 6.07) is 8.88. The molecule has 0 aromatic heterocycles. The van der Waals surface area contributed by atoms with Crippen LogP contribution in [-0.2, 0) is 14.4 Å². The summed E-state index contributed by atoms with van der Waals surface area (Å²) in [5, 5.41) is 2.13. The Labute approximate surface area is 138 Å². The normalized spacial score (nSPS) is 14.0. The molecule has 7 nitrogen and oxygen atoms in total. The second-order valence-electron chi connectivity index (χ2n) is 4.74. The molecule has 1 N–H and O–H groups in total. The van der Waals surface area contributed by atoms with Crippen LogP contribution in [0.25, 0.3) is 0 Å². The molecule has 23 heavy (non-hydrogen) atoms. The number of hydrogen-bond acceptors (Lipinski definition) is 5. The third kappa shape index (κ3) is 4.10. The Morgan fingerprint density at radius 1 is 1.26 bits per heavy atom. The molecule has 0 spiro atoms. The smallest absolute Gasteiger partial charge is 0.316 e. The summed E-state index contributed by atoms with van der Waals surface area (Å²) in [6.07, 6.45) is 0. The molecule has 1 saturated heterocycles. The lowest BCUT2D eigenvalue weighted by molar-refractivity contribution is -0.137. The largest absolute Gasteiger partial charge is 0.346 e. The van der Waals surface area contributed by atoms with E-state index in [0.29, 0.717) is 12.2 Å². The fourth-order valence-corrected chi connectivity index (χ4v) is 2.88. The van der Waals surface area contributed by atoms with Gasteiger partial charge in [-0.2, -0.15) is 0 Å². The molecule has 1 aromatic carbocycles. The number of nitrogens with one attached hydrogen (secondary N) is 1. The van der Waals surface area contributed by atoms with Crippen LogP contribution in [0.2, 0.25) is 0 Å². The number of thioether (sulfide) groups is 1. The molecule has 0 radical (unpaired) electrons. The predicted molar refractivity (Wildman–Crippen MR) is 87.0 cm³/mol. The average Bonchev–Trinajstić information content (AvgIpc) is 2.88. The van der Waals surface area contributed by atoms with Crippen molar-refractivity contribution in [2.45, 2.75) is 6.92 Å². The number of para-hydroxylation sites is 1. The molecule has 4 amide bonds. The van der Waals surface area contributed by atoms with Gasteiger partial charge in [0.2, 0.25) is 5.91 Å². The number of carbonyl (C=O) groups is 4. The summed E-state index contributed by atoms with van der Waals surface area (Å²) >= 11 is 0.934. The Morgan fingerprint density at radius 3 is 2.52 bits per heavy atom. The molecule has 1 aliphatic heterocycles. The quantitative estimate of drug-likeness (QED) is 0.806. The van der Waals surface area contributed by atoms with E-state index in [0.717, 1.165) is 16.7 Å². The summed E-state index contributed by atoms with van der Waals surface area (Å²) in [5.74, 6) is -1.58. The van der Waals surface area contributed by atoms with E-state index >= 15 is 0 Å². The highest BCUT2D eigenvalue weighted by Crippen LogP contribution is 2.17. The number of carbonyl (C=O) groups excluding carboxylic acids is 4. The summed E-state index contributed by atoms with van der Waals surface area (Å²) < 4.78 is 0. The van der Waals surface area contributed by atoms with E-state index in [-0.39, 0.29) is 30.0 Å². The van der Waals surface area contributed by atoms with E-state index in [1.807, 2.05) is 6.07 Å². The zero-order valence-electron chi connectivity index (χ0n) is 12.7. The van der Waals surface area contributed by atoms with Gasteiger partial charge < -0.3 is 10.2 Å². The van der Waals surface area contributed by atoms with E-state index in [9.17, 15) is 19.2 Å². The van der Waals surface area contributed by atoms with Crippen molar-refractivity contribution in [1.82, 2.24) is 10.2 Å². The van der Waals surface area contributed by atoms with Gasteiger partial charge in [-0.3, -0.25) is 24.1 Å². The fraction of sp³-hybridized carbons (Fsp3) is 0.333. The maximum atomic E-state index is 12.2. The second kappa shape index (κ2) is 7.77. The van der Waals surface area contributed by atoms with Crippen LogP contribution < -0.4 is 10.2 Å². The maximum absolute atomic E-state index is 12.2. The number of amides is 4. The van der Waals surface area contributed by atoms with Crippen LogP contribution in [0.15, 0.2) is 30.3 Å². The zero-order valence-corrected chi connectivity index (χ0v) is 13.5.